The van der Waals surface area contributed by atoms with Crippen LogP contribution in [0, 0.1) is 0 Å². The van der Waals surface area contributed by atoms with Gasteiger partial charge in [-0.05, 0) is 50.9 Å². The molecule has 0 heterocycles. The molecular weight excluding hydrogens is 319 g/mol. The summed E-state index contributed by atoms with van der Waals surface area (Å²) in [6, 6.07) is 5.32. The van der Waals surface area contributed by atoms with Gasteiger partial charge in [-0.1, -0.05) is 6.07 Å². The first-order valence-electron chi connectivity index (χ1n) is 3.65. The molecule has 70 valence electrons. The number of alkyl halides is 1. The van der Waals surface area contributed by atoms with Gasteiger partial charge in [0.1, 0.15) is 0 Å². The topological polar surface area (TPSA) is 17.1 Å². The molecule has 1 rings (SSSR count). The Hall–Kier alpha value is 0.140. The highest BCUT2D eigenvalue weighted by atomic mass is 79.9. The van der Waals surface area contributed by atoms with Crippen LogP contribution in [0.2, 0.25) is 0 Å². The lowest BCUT2D eigenvalue weighted by molar-refractivity contribution is 0.0991. The minimum absolute atomic E-state index is 0.0603. The van der Waals surface area contributed by atoms with Gasteiger partial charge < -0.3 is 0 Å². The lowest BCUT2D eigenvalue weighted by atomic mass is 10.1. The first kappa shape index (κ1) is 11.2. The van der Waals surface area contributed by atoms with E-state index in [0.717, 1.165) is 8.95 Å². The highest BCUT2D eigenvalue weighted by Crippen LogP contribution is 2.24. The number of rotatable bonds is 2. The summed E-state index contributed by atoms with van der Waals surface area (Å²) < 4.78 is 1.78. The van der Waals surface area contributed by atoms with Crippen molar-refractivity contribution in [3.63, 3.8) is 0 Å². The maximum absolute atomic E-state index is 11.4. The van der Waals surface area contributed by atoms with Crippen LogP contribution in [-0.2, 0) is 0 Å². The quantitative estimate of drug-likeness (QED) is 0.592. The average molecular weight is 326 g/mol. The van der Waals surface area contributed by atoms with E-state index in [-0.39, 0.29) is 5.78 Å². The first-order chi connectivity index (χ1) is 6.02. The number of hydrogen-bond acceptors (Lipinski definition) is 1. The predicted molar refractivity (Wildman–Crippen MR) is 61.5 cm³/mol. The molecule has 0 radical (unpaired) electrons. The second-order valence-electron chi connectivity index (χ2n) is 2.61. The number of carbonyl (C=O) groups is 1. The Morgan fingerprint density at radius 1 is 1.38 bits per heavy atom. The van der Waals surface area contributed by atoms with Crippen LogP contribution in [-0.4, -0.2) is 11.2 Å². The van der Waals surface area contributed by atoms with E-state index in [1.165, 1.54) is 0 Å². The van der Waals surface area contributed by atoms with E-state index in [0.29, 0.717) is 5.56 Å². The van der Waals surface area contributed by atoms with Crippen LogP contribution < -0.4 is 0 Å². The lowest BCUT2D eigenvalue weighted by Crippen LogP contribution is -2.10. The van der Waals surface area contributed by atoms with E-state index in [9.17, 15) is 4.79 Å². The van der Waals surface area contributed by atoms with Gasteiger partial charge in [0.15, 0.2) is 5.78 Å². The van der Waals surface area contributed by atoms with E-state index in [4.69, 9.17) is 11.6 Å². The molecule has 0 bridgehead atoms. The Morgan fingerprint density at radius 2 is 2.00 bits per heavy atom. The zero-order valence-electron chi connectivity index (χ0n) is 6.85. The summed E-state index contributed by atoms with van der Waals surface area (Å²) in [5.74, 6) is -0.0603. The van der Waals surface area contributed by atoms with Crippen molar-refractivity contribution < 1.29 is 4.79 Å². The Labute approximate surface area is 98.7 Å². The Balaban J connectivity index is 3.04. The largest absolute Gasteiger partial charge is 0.293 e. The van der Waals surface area contributed by atoms with Crippen molar-refractivity contribution in [1.29, 1.82) is 0 Å². The molecule has 0 aromatic heterocycles. The molecule has 0 aliphatic carbocycles. The van der Waals surface area contributed by atoms with Gasteiger partial charge in [0, 0.05) is 14.5 Å². The standard InChI is InChI=1S/C9H7Br2ClO/c1-5(12)9(13)6-2-3-7(10)8(11)4-6/h2-5H,1H3. The van der Waals surface area contributed by atoms with Gasteiger partial charge in [0.05, 0.1) is 5.38 Å². The monoisotopic (exact) mass is 324 g/mol. The second-order valence-corrected chi connectivity index (χ2v) is 4.97. The van der Waals surface area contributed by atoms with Gasteiger partial charge in [0.25, 0.3) is 0 Å². The van der Waals surface area contributed by atoms with Crippen LogP contribution in [0.4, 0.5) is 0 Å². The van der Waals surface area contributed by atoms with Crippen molar-refractivity contribution in [2.75, 3.05) is 0 Å². The third kappa shape index (κ3) is 2.79. The van der Waals surface area contributed by atoms with Gasteiger partial charge in [-0.15, -0.1) is 11.6 Å². The van der Waals surface area contributed by atoms with Crippen molar-refractivity contribution in [3.05, 3.63) is 32.7 Å². The molecule has 0 N–H and O–H groups in total. The molecule has 0 spiro atoms. The number of hydrogen-bond donors (Lipinski definition) is 0. The van der Waals surface area contributed by atoms with Gasteiger partial charge in [0.2, 0.25) is 0 Å². The molecule has 0 saturated carbocycles. The maximum Gasteiger partial charge on any atom is 0.180 e. The summed E-state index contributed by atoms with van der Waals surface area (Å²) in [7, 11) is 0. The minimum atomic E-state index is -0.479. The molecule has 0 aliphatic heterocycles. The zero-order valence-corrected chi connectivity index (χ0v) is 10.8. The molecule has 1 unspecified atom stereocenters. The number of Topliss-reactive ketones (excluding diaryl/α,β-unsaturated/α-hetero) is 1. The fourth-order valence-corrected chi connectivity index (χ4v) is 1.63. The van der Waals surface area contributed by atoms with Crippen LogP contribution in [0.3, 0.4) is 0 Å². The smallest absolute Gasteiger partial charge is 0.180 e. The summed E-state index contributed by atoms with van der Waals surface area (Å²) in [6.07, 6.45) is 0. The average Bonchev–Trinajstić information content (AvgIpc) is 2.08. The minimum Gasteiger partial charge on any atom is -0.293 e. The molecule has 0 saturated heterocycles. The van der Waals surface area contributed by atoms with E-state index >= 15 is 0 Å². The Kier molecular flexibility index (Phi) is 3.95. The van der Waals surface area contributed by atoms with Crippen LogP contribution in [0.1, 0.15) is 17.3 Å². The third-order valence-corrected chi connectivity index (χ3v) is 3.64. The number of halogens is 3. The van der Waals surface area contributed by atoms with E-state index < -0.39 is 5.38 Å². The number of ketones is 1. The van der Waals surface area contributed by atoms with E-state index in [1.54, 1.807) is 19.1 Å². The summed E-state index contributed by atoms with van der Waals surface area (Å²) in [5.41, 5.74) is 0.623. The van der Waals surface area contributed by atoms with Gasteiger partial charge in [-0.3, -0.25) is 4.79 Å². The second kappa shape index (κ2) is 4.58. The molecule has 4 heteroatoms. The lowest BCUT2D eigenvalue weighted by Gasteiger charge is -2.03. The molecule has 0 aliphatic rings. The fraction of sp³-hybridized carbons (Fsp3) is 0.222. The van der Waals surface area contributed by atoms with Crippen molar-refractivity contribution in [2.24, 2.45) is 0 Å². The summed E-state index contributed by atoms with van der Waals surface area (Å²) in [6.45, 7) is 1.67. The SMILES string of the molecule is CC(Cl)C(=O)c1ccc(Br)c(Br)c1. The summed E-state index contributed by atoms with van der Waals surface area (Å²) >= 11 is 12.3. The highest BCUT2D eigenvalue weighted by Gasteiger charge is 2.12. The number of benzene rings is 1. The van der Waals surface area contributed by atoms with Gasteiger partial charge >= 0.3 is 0 Å². The number of carbonyl (C=O) groups excluding carboxylic acids is 1. The molecule has 0 amide bonds. The fourth-order valence-electron chi connectivity index (χ4n) is 0.879. The maximum atomic E-state index is 11.4. The van der Waals surface area contributed by atoms with Crippen molar-refractivity contribution >= 4 is 49.2 Å². The molecule has 1 atom stereocenters. The normalized spacial score (nSPS) is 12.6. The molecule has 13 heavy (non-hydrogen) atoms. The van der Waals surface area contributed by atoms with Crippen molar-refractivity contribution in [3.8, 4) is 0 Å². The van der Waals surface area contributed by atoms with Crippen LogP contribution in [0.25, 0.3) is 0 Å². The van der Waals surface area contributed by atoms with E-state index in [2.05, 4.69) is 31.9 Å². The third-order valence-electron chi connectivity index (χ3n) is 1.57. The molecule has 1 nitrogen and oxygen atoms in total. The van der Waals surface area contributed by atoms with Crippen LogP contribution in [0.5, 0.6) is 0 Å². The van der Waals surface area contributed by atoms with Gasteiger partial charge in [-0.25, -0.2) is 0 Å². The predicted octanol–water partition coefficient (Wildman–Crippen LogP) is 4.02. The first-order valence-corrected chi connectivity index (χ1v) is 5.68. The molecule has 1 aromatic rings. The van der Waals surface area contributed by atoms with Crippen LogP contribution >= 0.6 is 43.5 Å². The molecule has 1 aromatic carbocycles. The summed E-state index contributed by atoms with van der Waals surface area (Å²) in [5, 5.41) is -0.479. The van der Waals surface area contributed by atoms with Crippen LogP contribution in [0.15, 0.2) is 27.1 Å². The zero-order chi connectivity index (χ0) is 10.0. The van der Waals surface area contributed by atoms with Crippen molar-refractivity contribution in [2.45, 2.75) is 12.3 Å². The molecular formula is C9H7Br2ClO. The van der Waals surface area contributed by atoms with Gasteiger partial charge in [-0.2, -0.15) is 0 Å². The Bertz CT molecular complexity index is 336. The molecule has 0 fully saturated rings. The highest BCUT2D eigenvalue weighted by molar-refractivity contribution is 9.13. The van der Waals surface area contributed by atoms with Crippen molar-refractivity contribution in [1.82, 2.24) is 0 Å². The Morgan fingerprint density at radius 3 is 2.46 bits per heavy atom. The summed E-state index contributed by atoms with van der Waals surface area (Å²) in [4.78, 5) is 11.4. The van der Waals surface area contributed by atoms with E-state index in [1.807, 2.05) is 6.07 Å².